The highest BCUT2D eigenvalue weighted by Gasteiger charge is 2.24. The molecule has 1 aromatic rings. The van der Waals surface area contributed by atoms with Gasteiger partial charge in [0.1, 0.15) is 5.82 Å². The molecule has 13 heavy (non-hydrogen) atoms. The summed E-state index contributed by atoms with van der Waals surface area (Å²) >= 11 is 0. The molecule has 74 valence electrons. The quantitative estimate of drug-likeness (QED) is 0.736. The molecule has 0 radical (unpaired) electrons. The second-order valence-electron chi connectivity index (χ2n) is 2.26. The number of halogens is 2. The van der Waals surface area contributed by atoms with E-state index in [9.17, 15) is 8.78 Å². The largest absolute Gasteiger partial charge is 0.382 e. The van der Waals surface area contributed by atoms with Gasteiger partial charge in [0.15, 0.2) is 0 Å². The number of aromatic nitrogens is 2. The van der Waals surface area contributed by atoms with Gasteiger partial charge in [-0.05, 0) is 6.07 Å². The summed E-state index contributed by atoms with van der Waals surface area (Å²) in [6.45, 7) is 4.78. The van der Waals surface area contributed by atoms with E-state index in [0.717, 1.165) is 19.2 Å². The Bertz CT molecular complexity index is 258. The van der Waals surface area contributed by atoms with Crippen molar-refractivity contribution in [2.24, 2.45) is 0 Å². The van der Waals surface area contributed by atoms with Gasteiger partial charge < -0.3 is 5.73 Å². The molecule has 0 amide bonds. The Morgan fingerprint density at radius 3 is 2.23 bits per heavy atom. The van der Waals surface area contributed by atoms with Gasteiger partial charge in [0.05, 0.1) is 6.20 Å². The van der Waals surface area contributed by atoms with Gasteiger partial charge in [0.25, 0.3) is 5.92 Å². The number of anilines is 1. The van der Waals surface area contributed by atoms with E-state index in [1.807, 2.05) is 13.8 Å². The summed E-state index contributed by atoms with van der Waals surface area (Å²) in [6.07, 6.45) is 0.996. The Morgan fingerprint density at radius 2 is 1.92 bits per heavy atom. The van der Waals surface area contributed by atoms with Crippen LogP contribution in [0.25, 0.3) is 0 Å². The highest BCUT2D eigenvalue weighted by atomic mass is 19.3. The van der Waals surface area contributed by atoms with Gasteiger partial charge in [-0.2, -0.15) is 5.10 Å². The van der Waals surface area contributed by atoms with E-state index < -0.39 is 5.92 Å². The lowest BCUT2D eigenvalue weighted by Crippen LogP contribution is -2.08. The van der Waals surface area contributed by atoms with E-state index in [-0.39, 0.29) is 11.4 Å². The van der Waals surface area contributed by atoms with E-state index >= 15 is 0 Å². The molecule has 3 nitrogen and oxygen atoms in total. The maximum Gasteiger partial charge on any atom is 0.272 e. The van der Waals surface area contributed by atoms with E-state index in [0.29, 0.717) is 0 Å². The topological polar surface area (TPSA) is 51.8 Å². The summed E-state index contributed by atoms with van der Waals surface area (Å²) in [7, 11) is 0. The van der Waals surface area contributed by atoms with Crippen LogP contribution in [0.4, 0.5) is 14.6 Å². The highest BCUT2D eigenvalue weighted by Crippen LogP contribution is 2.26. The smallest absolute Gasteiger partial charge is 0.272 e. The molecule has 0 aliphatic heterocycles. The number of nitrogens with two attached hydrogens (primary N) is 1. The van der Waals surface area contributed by atoms with Gasteiger partial charge in [0.2, 0.25) is 0 Å². The first kappa shape index (κ1) is 11.7. The lowest BCUT2D eigenvalue weighted by molar-refractivity contribution is 0.0170. The van der Waals surface area contributed by atoms with Gasteiger partial charge in [-0.3, -0.25) is 0 Å². The minimum absolute atomic E-state index is 0.00373. The molecule has 0 bridgehead atoms. The summed E-state index contributed by atoms with van der Waals surface area (Å²) in [5.41, 5.74) is 4.93. The predicted octanol–water partition coefficient (Wildman–Crippen LogP) is 2.20. The molecule has 5 heteroatoms. The first-order chi connectivity index (χ1) is 6.00. The molecule has 1 aromatic heterocycles. The summed E-state index contributed by atoms with van der Waals surface area (Å²) < 4.78 is 25.0. The van der Waals surface area contributed by atoms with Crippen molar-refractivity contribution in [3.8, 4) is 0 Å². The van der Waals surface area contributed by atoms with Crippen LogP contribution in [0.2, 0.25) is 0 Å². The maximum atomic E-state index is 12.5. The monoisotopic (exact) mass is 189 g/mol. The minimum atomic E-state index is -2.90. The van der Waals surface area contributed by atoms with Crippen LogP contribution in [0, 0.1) is 0 Å². The first-order valence-electron chi connectivity index (χ1n) is 3.96. The highest BCUT2D eigenvalue weighted by molar-refractivity contribution is 5.31. The fourth-order valence-electron chi connectivity index (χ4n) is 0.623. The Morgan fingerprint density at radius 1 is 1.38 bits per heavy atom. The zero-order chi connectivity index (χ0) is 10.5. The average molecular weight is 189 g/mol. The van der Waals surface area contributed by atoms with Crippen LogP contribution in [-0.2, 0) is 5.92 Å². The van der Waals surface area contributed by atoms with E-state index in [4.69, 9.17) is 5.73 Å². The van der Waals surface area contributed by atoms with Gasteiger partial charge in [-0.1, -0.05) is 13.8 Å². The van der Waals surface area contributed by atoms with Crippen LogP contribution in [0.15, 0.2) is 12.3 Å². The average Bonchev–Trinajstić information content (AvgIpc) is 2.06. The van der Waals surface area contributed by atoms with Crippen molar-refractivity contribution in [2.45, 2.75) is 26.7 Å². The third-order valence-corrected chi connectivity index (χ3v) is 1.18. The fraction of sp³-hybridized carbons (Fsp3) is 0.500. The van der Waals surface area contributed by atoms with E-state index in [1.54, 1.807) is 0 Å². The summed E-state index contributed by atoms with van der Waals surface area (Å²) in [6, 6.07) is 1.10. The molecular formula is C8H13F2N3. The number of hydrogen-bond acceptors (Lipinski definition) is 3. The number of nitrogen functional groups attached to an aromatic ring is 1. The van der Waals surface area contributed by atoms with Gasteiger partial charge in [0, 0.05) is 12.5 Å². The Balaban J connectivity index is 0.000000671. The molecule has 1 heterocycles. The fourth-order valence-corrected chi connectivity index (χ4v) is 0.623. The van der Waals surface area contributed by atoms with Crippen LogP contribution in [-0.4, -0.2) is 10.2 Å². The van der Waals surface area contributed by atoms with Crippen molar-refractivity contribution >= 4 is 5.82 Å². The zero-order valence-corrected chi connectivity index (χ0v) is 7.88. The number of rotatable bonds is 1. The second kappa shape index (κ2) is 4.69. The van der Waals surface area contributed by atoms with Crippen LogP contribution in [0.5, 0.6) is 0 Å². The van der Waals surface area contributed by atoms with Crippen molar-refractivity contribution in [3.63, 3.8) is 0 Å². The molecule has 0 atom stereocenters. The Kier molecular flexibility index (Phi) is 4.23. The maximum absolute atomic E-state index is 12.5. The minimum Gasteiger partial charge on any atom is -0.382 e. The second-order valence-corrected chi connectivity index (χ2v) is 2.26. The molecule has 0 saturated heterocycles. The van der Waals surface area contributed by atoms with Crippen LogP contribution >= 0.6 is 0 Å². The predicted molar refractivity (Wildman–Crippen MR) is 47.4 cm³/mol. The lowest BCUT2D eigenvalue weighted by atomic mass is 10.2. The molecular weight excluding hydrogens is 176 g/mol. The van der Waals surface area contributed by atoms with Crippen molar-refractivity contribution in [3.05, 3.63) is 17.8 Å². The standard InChI is InChI=1S/C6H7F2N3.C2H6/c1-6(7,8)4-2-5(9)11-10-3-4;1-2/h2-3H,1H3,(H2,9,11);1-2H3. The third kappa shape index (κ3) is 3.78. The molecule has 1 rings (SSSR count). The number of nitrogens with zero attached hydrogens (tertiary/aromatic N) is 2. The van der Waals surface area contributed by atoms with Gasteiger partial charge in [-0.25, -0.2) is 8.78 Å². The van der Waals surface area contributed by atoms with Gasteiger partial charge >= 0.3 is 0 Å². The number of hydrogen-bond donors (Lipinski definition) is 1. The van der Waals surface area contributed by atoms with Crippen molar-refractivity contribution in [1.82, 2.24) is 10.2 Å². The number of alkyl halides is 2. The molecule has 0 aromatic carbocycles. The third-order valence-electron chi connectivity index (χ3n) is 1.18. The zero-order valence-electron chi connectivity index (χ0n) is 7.88. The molecule has 0 aliphatic rings. The molecule has 0 unspecified atom stereocenters. The Labute approximate surface area is 76.0 Å². The van der Waals surface area contributed by atoms with Crippen LogP contribution < -0.4 is 5.73 Å². The van der Waals surface area contributed by atoms with Crippen LogP contribution in [0.1, 0.15) is 26.3 Å². The molecule has 0 fully saturated rings. The molecule has 2 N–H and O–H groups in total. The SMILES string of the molecule is CC.CC(F)(F)c1cnnc(N)c1. The molecule has 0 aliphatic carbocycles. The first-order valence-corrected chi connectivity index (χ1v) is 3.96. The molecule has 0 spiro atoms. The van der Waals surface area contributed by atoms with E-state index in [2.05, 4.69) is 10.2 Å². The van der Waals surface area contributed by atoms with Crippen molar-refractivity contribution < 1.29 is 8.78 Å². The van der Waals surface area contributed by atoms with Crippen molar-refractivity contribution in [2.75, 3.05) is 5.73 Å². The summed E-state index contributed by atoms with van der Waals surface area (Å²) in [4.78, 5) is 0. The van der Waals surface area contributed by atoms with Gasteiger partial charge in [-0.15, -0.1) is 5.10 Å². The Hall–Kier alpha value is -1.26. The molecule has 0 saturated carbocycles. The summed E-state index contributed by atoms with van der Waals surface area (Å²) in [5, 5.41) is 6.64. The summed E-state index contributed by atoms with van der Waals surface area (Å²) in [5.74, 6) is -2.90. The normalized spacial score (nSPS) is 10.2. The van der Waals surface area contributed by atoms with E-state index in [1.165, 1.54) is 0 Å². The lowest BCUT2D eigenvalue weighted by Gasteiger charge is -2.08. The van der Waals surface area contributed by atoms with Crippen LogP contribution in [0.3, 0.4) is 0 Å². The van der Waals surface area contributed by atoms with Crippen molar-refractivity contribution in [1.29, 1.82) is 0 Å².